The third-order valence-electron chi connectivity index (χ3n) is 13.9. The zero-order valence-electron chi connectivity index (χ0n) is 33.5. The van der Waals surface area contributed by atoms with Crippen LogP contribution in [0.1, 0.15) is 47.2 Å². The van der Waals surface area contributed by atoms with Crippen molar-refractivity contribution in [1.82, 2.24) is 9.13 Å². The van der Waals surface area contributed by atoms with Crippen LogP contribution in [0.25, 0.3) is 77.2 Å². The summed E-state index contributed by atoms with van der Waals surface area (Å²) < 4.78 is 5.11. The zero-order chi connectivity index (χ0) is 39.7. The van der Waals surface area contributed by atoms with E-state index in [0.29, 0.717) is 0 Å². The summed E-state index contributed by atoms with van der Waals surface area (Å²) >= 11 is 0. The molecule has 0 spiro atoms. The summed E-state index contributed by atoms with van der Waals surface area (Å²) in [5, 5.41) is 5.18. The summed E-state index contributed by atoms with van der Waals surface area (Å²) in [5.74, 6) is 0. The highest BCUT2D eigenvalue weighted by molar-refractivity contribution is 6.31. The topological polar surface area (TPSA) is 9.86 Å². The number of rotatable bonds is 4. The SMILES string of the molecule is CC1(C)c2ccccc2-c2c1c1c3ccccc3n(-c3ccccc3)c1c1c3ccccc3n(-c3ccc(C4(c5ccccc5)c5ccccc5-c5ccccc54)cc3)c21. The Morgan fingerprint density at radius 1 is 0.350 bits per heavy atom. The van der Waals surface area contributed by atoms with Crippen molar-refractivity contribution in [3.63, 3.8) is 0 Å². The predicted octanol–water partition coefficient (Wildman–Crippen LogP) is 14.6. The van der Waals surface area contributed by atoms with Gasteiger partial charge in [-0.25, -0.2) is 0 Å². The second kappa shape index (κ2) is 12.1. The quantitative estimate of drug-likeness (QED) is 0.169. The maximum absolute atomic E-state index is 2.57. The molecule has 0 aliphatic heterocycles. The van der Waals surface area contributed by atoms with Crippen LogP contribution < -0.4 is 0 Å². The van der Waals surface area contributed by atoms with E-state index in [1.165, 1.54) is 105 Å². The monoisotopic (exact) mass is 764 g/mol. The molecule has 0 saturated carbocycles. The molecule has 2 heterocycles. The molecule has 0 saturated heterocycles. The number of hydrogen-bond donors (Lipinski definition) is 0. The maximum atomic E-state index is 2.57. The Morgan fingerprint density at radius 3 is 1.43 bits per heavy atom. The minimum absolute atomic E-state index is 0.236. The van der Waals surface area contributed by atoms with Gasteiger partial charge in [-0.3, -0.25) is 0 Å². The van der Waals surface area contributed by atoms with Crippen LogP contribution in [0.15, 0.2) is 206 Å². The van der Waals surface area contributed by atoms with E-state index in [1.54, 1.807) is 0 Å². The summed E-state index contributed by atoms with van der Waals surface area (Å²) in [5.41, 5.74) is 19.8. The Labute approximate surface area is 349 Å². The normalized spacial score (nSPS) is 14.4. The molecular formula is C58H40N2. The Balaban J connectivity index is 1.18. The van der Waals surface area contributed by atoms with Gasteiger partial charge in [0.1, 0.15) is 0 Å². The molecule has 2 aromatic heterocycles. The van der Waals surface area contributed by atoms with Gasteiger partial charge in [0.25, 0.3) is 0 Å². The van der Waals surface area contributed by atoms with Gasteiger partial charge in [-0.2, -0.15) is 0 Å². The first-order chi connectivity index (χ1) is 29.6. The van der Waals surface area contributed by atoms with Crippen LogP contribution in [-0.4, -0.2) is 9.13 Å². The predicted molar refractivity (Wildman–Crippen MR) is 250 cm³/mol. The van der Waals surface area contributed by atoms with Crippen molar-refractivity contribution in [3.8, 4) is 33.6 Å². The lowest BCUT2D eigenvalue weighted by Crippen LogP contribution is -2.28. The fourth-order valence-electron chi connectivity index (χ4n) is 11.6. The van der Waals surface area contributed by atoms with Crippen LogP contribution in [0.4, 0.5) is 0 Å². The number of para-hydroxylation sites is 3. The van der Waals surface area contributed by atoms with Gasteiger partial charge >= 0.3 is 0 Å². The highest BCUT2D eigenvalue weighted by Crippen LogP contribution is 2.59. The molecule has 0 N–H and O–H groups in total. The lowest BCUT2D eigenvalue weighted by Gasteiger charge is -2.34. The van der Waals surface area contributed by atoms with Crippen molar-refractivity contribution in [2.75, 3.05) is 0 Å². The lowest BCUT2D eigenvalue weighted by molar-refractivity contribution is 0.667. The molecule has 2 aliphatic rings. The maximum Gasteiger partial charge on any atom is 0.0713 e. The summed E-state index contributed by atoms with van der Waals surface area (Å²) in [6, 6.07) is 76.8. The number of aromatic nitrogens is 2. The Kier molecular flexibility index (Phi) is 6.74. The molecule has 0 fully saturated rings. The van der Waals surface area contributed by atoms with E-state index < -0.39 is 5.41 Å². The molecule has 282 valence electrons. The van der Waals surface area contributed by atoms with Gasteiger partial charge in [-0.15, -0.1) is 0 Å². The molecule has 60 heavy (non-hydrogen) atoms. The van der Waals surface area contributed by atoms with E-state index >= 15 is 0 Å². The van der Waals surface area contributed by atoms with Gasteiger partial charge in [0.2, 0.25) is 0 Å². The van der Waals surface area contributed by atoms with E-state index in [9.17, 15) is 0 Å². The fourth-order valence-corrected chi connectivity index (χ4v) is 11.6. The fraction of sp³-hybridized carbons (Fsp3) is 0.0690. The minimum Gasteiger partial charge on any atom is -0.309 e. The van der Waals surface area contributed by atoms with Crippen molar-refractivity contribution in [2.24, 2.45) is 0 Å². The van der Waals surface area contributed by atoms with Crippen molar-refractivity contribution in [1.29, 1.82) is 0 Å². The zero-order valence-corrected chi connectivity index (χ0v) is 33.5. The average molecular weight is 765 g/mol. The molecule has 0 unspecified atom stereocenters. The van der Waals surface area contributed by atoms with Crippen molar-refractivity contribution < 1.29 is 0 Å². The van der Waals surface area contributed by atoms with E-state index in [4.69, 9.17) is 0 Å². The Morgan fingerprint density at radius 2 is 0.800 bits per heavy atom. The highest BCUT2D eigenvalue weighted by atomic mass is 15.0. The number of benzene rings is 9. The average Bonchev–Trinajstić information content (AvgIpc) is 4.00. The third-order valence-corrected chi connectivity index (χ3v) is 13.9. The summed E-state index contributed by atoms with van der Waals surface area (Å²) in [7, 11) is 0. The van der Waals surface area contributed by atoms with Gasteiger partial charge in [-0.1, -0.05) is 184 Å². The van der Waals surface area contributed by atoms with Gasteiger partial charge in [0.05, 0.1) is 27.5 Å². The largest absolute Gasteiger partial charge is 0.309 e. The van der Waals surface area contributed by atoms with Crippen LogP contribution >= 0.6 is 0 Å². The molecular weight excluding hydrogens is 725 g/mol. The van der Waals surface area contributed by atoms with Gasteiger partial charge in [0.15, 0.2) is 0 Å². The van der Waals surface area contributed by atoms with E-state index in [0.717, 1.165) is 5.69 Å². The lowest BCUT2D eigenvalue weighted by atomic mass is 9.68. The van der Waals surface area contributed by atoms with E-state index in [1.807, 2.05) is 0 Å². The summed E-state index contributed by atoms with van der Waals surface area (Å²) in [6.07, 6.45) is 0. The van der Waals surface area contributed by atoms with Crippen LogP contribution in [0.5, 0.6) is 0 Å². The molecule has 9 aromatic carbocycles. The third kappa shape index (κ3) is 4.13. The molecule has 11 aromatic rings. The smallest absolute Gasteiger partial charge is 0.0713 e. The number of hydrogen-bond acceptors (Lipinski definition) is 0. The standard InChI is InChI=1S/C58H40N2/c1-57(2)46-28-14-11-25-43(46)51-54(57)52-44-26-12-17-31-49(44)59(39-21-7-4-8-22-39)56(52)53-45-27-13-18-32-50(45)60(55(51)53)40-35-33-38(34-36-40)58(37-19-5-3-6-20-37)47-29-15-9-23-41(47)42-24-10-16-30-48(42)58/h3-36H,1-2H3. The minimum atomic E-state index is -0.458. The van der Waals surface area contributed by atoms with Crippen molar-refractivity contribution in [3.05, 3.63) is 240 Å². The van der Waals surface area contributed by atoms with Crippen LogP contribution in [0.2, 0.25) is 0 Å². The Hall–Kier alpha value is -7.42. The van der Waals surface area contributed by atoms with E-state index in [2.05, 4.69) is 229 Å². The second-order valence-corrected chi connectivity index (χ2v) is 17.2. The van der Waals surface area contributed by atoms with E-state index in [-0.39, 0.29) is 5.41 Å². The highest BCUT2D eigenvalue weighted by Gasteiger charge is 2.46. The van der Waals surface area contributed by atoms with Gasteiger partial charge < -0.3 is 9.13 Å². The summed E-state index contributed by atoms with van der Waals surface area (Å²) in [4.78, 5) is 0. The van der Waals surface area contributed by atoms with Crippen LogP contribution in [0.3, 0.4) is 0 Å². The second-order valence-electron chi connectivity index (χ2n) is 17.2. The first-order valence-electron chi connectivity index (χ1n) is 21.1. The number of fused-ring (bicyclic) bond motifs is 15. The molecule has 2 heteroatoms. The number of nitrogens with zero attached hydrogens (tertiary/aromatic N) is 2. The molecule has 2 aliphatic carbocycles. The molecule has 0 amide bonds. The first-order valence-corrected chi connectivity index (χ1v) is 21.1. The molecule has 0 radical (unpaired) electrons. The summed E-state index contributed by atoms with van der Waals surface area (Å²) in [6.45, 7) is 4.86. The first kappa shape index (κ1) is 33.5. The van der Waals surface area contributed by atoms with Crippen LogP contribution in [0, 0.1) is 0 Å². The molecule has 13 rings (SSSR count). The van der Waals surface area contributed by atoms with Crippen molar-refractivity contribution in [2.45, 2.75) is 24.7 Å². The van der Waals surface area contributed by atoms with Gasteiger partial charge in [0, 0.05) is 43.9 Å². The molecule has 2 nitrogen and oxygen atoms in total. The Bertz CT molecular complexity index is 3500. The van der Waals surface area contributed by atoms with Gasteiger partial charge in [-0.05, 0) is 86.5 Å². The van der Waals surface area contributed by atoms with Crippen LogP contribution in [-0.2, 0) is 10.8 Å². The molecule has 0 atom stereocenters. The van der Waals surface area contributed by atoms with Crippen molar-refractivity contribution >= 4 is 43.6 Å². The molecule has 0 bridgehead atoms.